The molecule has 0 saturated carbocycles. The number of anilines is 2. The van der Waals surface area contributed by atoms with Gasteiger partial charge < -0.3 is 26.8 Å². The Morgan fingerprint density at radius 2 is 1.91 bits per heavy atom. The molecular formula is C33H34N6O4S2. The van der Waals surface area contributed by atoms with Gasteiger partial charge in [0.15, 0.2) is 0 Å². The fourth-order valence-electron chi connectivity index (χ4n) is 5.56. The summed E-state index contributed by atoms with van der Waals surface area (Å²) >= 11 is 1.20. The molecule has 1 aliphatic rings. The number of allylic oxidation sites excluding steroid dienone is 1. The van der Waals surface area contributed by atoms with Crippen molar-refractivity contribution in [3.8, 4) is 0 Å². The number of primary amides is 1. The van der Waals surface area contributed by atoms with Gasteiger partial charge in [-0.25, -0.2) is 17.4 Å². The third-order valence-corrected chi connectivity index (χ3v) is 10.7. The van der Waals surface area contributed by atoms with Crippen molar-refractivity contribution in [2.45, 2.75) is 37.7 Å². The lowest BCUT2D eigenvalue weighted by atomic mass is 10.1. The lowest BCUT2D eigenvalue weighted by Gasteiger charge is -2.24. The van der Waals surface area contributed by atoms with Gasteiger partial charge in [0.2, 0.25) is 0 Å². The summed E-state index contributed by atoms with van der Waals surface area (Å²) in [5.41, 5.74) is 15.7. The average molecular weight is 643 g/mol. The first kappa shape index (κ1) is 30.4. The van der Waals surface area contributed by atoms with Crippen LogP contribution in [-0.2, 0) is 16.4 Å². The van der Waals surface area contributed by atoms with Crippen molar-refractivity contribution in [3.63, 3.8) is 0 Å². The number of para-hydroxylation sites is 1. The summed E-state index contributed by atoms with van der Waals surface area (Å²) in [6.07, 6.45) is 6.29. The van der Waals surface area contributed by atoms with Crippen LogP contribution in [0.3, 0.4) is 0 Å². The summed E-state index contributed by atoms with van der Waals surface area (Å²) in [5, 5.41) is 16.1. The standard InChI is InChI=1S/C33H34N6O4S2/c1-3-6-22-18-28(37-33-29(22)30(34)31(44-33)32(35)41)38-15-13-23(14-16-38)36-19-27(40)26-17-21-7-4-5-8-25(21)39(26)45(42,43)24-11-9-20(2)10-12-24/h4-5,7-15,17-18,27,36,40H,3,6,16,19,34H2,1-2H3,(H2,35,41). The van der Waals surface area contributed by atoms with Gasteiger partial charge in [-0.2, -0.15) is 0 Å². The minimum Gasteiger partial charge on any atom is -0.397 e. The van der Waals surface area contributed by atoms with Gasteiger partial charge in [-0.05, 0) is 61.4 Å². The Bertz CT molecular complexity index is 2100. The normalized spacial score (nSPS) is 14.2. The summed E-state index contributed by atoms with van der Waals surface area (Å²) in [5.74, 6) is 0.159. The van der Waals surface area contributed by atoms with Crippen molar-refractivity contribution in [1.82, 2.24) is 14.3 Å². The number of carbonyl (C=O) groups is 1. The molecule has 3 aromatic heterocycles. The zero-order valence-corrected chi connectivity index (χ0v) is 26.5. The van der Waals surface area contributed by atoms with Crippen molar-refractivity contribution in [1.29, 1.82) is 0 Å². The third-order valence-electron chi connectivity index (χ3n) is 7.84. The largest absolute Gasteiger partial charge is 0.397 e. The molecule has 6 N–H and O–H groups in total. The van der Waals surface area contributed by atoms with Crippen LogP contribution in [0.4, 0.5) is 11.5 Å². The van der Waals surface area contributed by atoms with E-state index in [2.05, 4.69) is 12.2 Å². The van der Waals surface area contributed by atoms with Crippen LogP contribution in [0.2, 0.25) is 0 Å². The molecule has 10 nitrogen and oxygen atoms in total. The highest BCUT2D eigenvalue weighted by Crippen LogP contribution is 2.37. The van der Waals surface area contributed by atoms with E-state index in [1.165, 1.54) is 15.3 Å². The molecule has 5 aromatic rings. The van der Waals surface area contributed by atoms with E-state index >= 15 is 0 Å². The molecule has 1 unspecified atom stereocenters. The number of benzene rings is 2. The van der Waals surface area contributed by atoms with Gasteiger partial charge in [0.25, 0.3) is 15.9 Å². The van der Waals surface area contributed by atoms with Gasteiger partial charge in [0, 0.05) is 35.8 Å². The number of aliphatic hydroxyl groups excluding tert-OH is 1. The summed E-state index contributed by atoms with van der Waals surface area (Å²) in [6, 6.07) is 17.6. The number of hydrogen-bond acceptors (Lipinski definition) is 9. The SMILES string of the molecule is CCCc1cc(N2C=CC(NCC(O)c3cc4ccccc4n3S(=O)(=O)c3ccc(C)cc3)=CC2)nc2sc(C(N)=O)c(N)c12. The van der Waals surface area contributed by atoms with Gasteiger partial charge in [0.05, 0.1) is 21.8 Å². The minimum atomic E-state index is -3.97. The molecule has 0 aliphatic carbocycles. The second-order valence-corrected chi connectivity index (χ2v) is 13.8. The number of fused-ring (bicyclic) bond motifs is 2. The Kier molecular flexibility index (Phi) is 8.12. The van der Waals surface area contributed by atoms with Crippen molar-refractivity contribution < 1.29 is 18.3 Å². The number of thiophene rings is 1. The first-order chi connectivity index (χ1) is 21.6. The van der Waals surface area contributed by atoms with Crippen molar-refractivity contribution in [2.75, 3.05) is 23.7 Å². The molecule has 232 valence electrons. The smallest absolute Gasteiger partial charge is 0.268 e. The number of rotatable bonds is 10. The molecular weight excluding hydrogens is 609 g/mol. The van der Waals surface area contributed by atoms with E-state index < -0.39 is 22.0 Å². The van der Waals surface area contributed by atoms with Crippen molar-refractivity contribution in [2.24, 2.45) is 5.73 Å². The van der Waals surface area contributed by atoms with E-state index in [1.807, 2.05) is 48.4 Å². The molecule has 0 spiro atoms. The molecule has 1 aliphatic heterocycles. The summed E-state index contributed by atoms with van der Waals surface area (Å²) in [4.78, 5) is 19.8. The molecule has 0 saturated heterocycles. The second kappa shape index (κ2) is 12.0. The van der Waals surface area contributed by atoms with Crippen LogP contribution in [-0.4, -0.2) is 41.5 Å². The number of aryl methyl sites for hydroxylation is 2. The lowest BCUT2D eigenvalue weighted by Crippen LogP contribution is -2.27. The highest BCUT2D eigenvalue weighted by atomic mass is 32.2. The highest BCUT2D eigenvalue weighted by molar-refractivity contribution is 7.90. The fourth-order valence-corrected chi connectivity index (χ4v) is 8.12. The van der Waals surface area contributed by atoms with Gasteiger partial charge >= 0.3 is 0 Å². The fraction of sp³-hybridized carbons (Fsp3) is 0.212. The van der Waals surface area contributed by atoms with Gasteiger partial charge in [-0.1, -0.05) is 49.2 Å². The Morgan fingerprint density at radius 3 is 2.60 bits per heavy atom. The van der Waals surface area contributed by atoms with Crippen LogP contribution in [0.1, 0.15) is 45.9 Å². The molecule has 1 atom stereocenters. The van der Waals surface area contributed by atoms with Crippen LogP contribution in [0.15, 0.2) is 89.6 Å². The maximum atomic E-state index is 13.8. The highest BCUT2D eigenvalue weighted by Gasteiger charge is 2.27. The first-order valence-corrected chi connectivity index (χ1v) is 16.9. The number of amides is 1. The monoisotopic (exact) mass is 642 g/mol. The number of carbonyl (C=O) groups excluding carboxylic acids is 1. The molecule has 12 heteroatoms. The molecule has 0 radical (unpaired) electrons. The number of aliphatic hydroxyl groups is 1. The maximum absolute atomic E-state index is 13.8. The zero-order valence-electron chi connectivity index (χ0n) is 24.9. The van der Waals surface area contributed by atoms with E-state index in [-0.39, 0.29) is 17.1 Å². The van der Waals surface area contributed by atoms with E-state index in [0.29, 0.717) is 27.5 Å². The number of nitrogen functional groups attached to an aromatic ring is 1. The van der Waals surface area contributed by atoms with E-state index in [0.717, 1.165) is 46.3 Å². The van der Waals surface area contributed by atoms with Crippen LogP contribution >= 0.6 is 11.3 Å². The minimum absolute atomic E-state index is 0.0884. The number of nitrogens with two attached hydrogens (primary N) is 2. The Labute approximate surface area is 265 Å². The average Bonchev–Trinajstić information content (AvgIpc) is 3.59. The molecule has 4 heterocycles. The summed E-state index contributed by atoms with van der Waals surface area (Å²) < 4.78 is 28.8. The lowest BCUT2D eigenvalue weighted by molar-refractivity contribution is 0.100. The molecule has 2 aromatic carbocycles. The number of hydrogen-bond donors (Lipinski definition) is 4. The number of nitrogens with one attached hydrogen (secondary N) is 1. The van der Waals surface area contributed by atoms with Gasteiger partial charge in [-0.3, -0.25) is 4.79 Å². The third kappa shape index (κ3) is 5.68. The first-order valence-electron chi connectivity index (χ1n) is 14.6. The number of pyridine rings is 1. The molecule has 0 bridgehead atoms. The van der Waals surface area contributed by atoms with E-state index in [9.17, 15) is 18.3 Å². The van der Waals surface area contributed by atoms with Crippen LogP contribution < -0.4 is 21.7 Å². The van der Waals surface area contributed by atoms with Gasteiger partial charge in [0.1, 0.15) is 21.6 Å². The van der Waals surface area contributed by atoms with Crippen LogP contribution in [0.5, 0.6) is 0 Å². The topological polar surface area (TPSA) is 157 Å². The number of nitrogens with zero attached hydrogens (tertiary/aromatic N) is 3. The van der Waals surface area contributed by atoms with Crippen LogP contribution in [0, 0.1) is 6.92 Å². The predicted octanol–water partition coefficient (Wildman–Crippen LogP) is 4.97. The molecule has 6 rings (SSSR count). The number of aromatic nitrogens is 2. The Balaban J connectivity index is 1.22. The molecule has 45 heavy (non-hydrogen) atoms. The van der Waals surface area contributed by atoms with Crippen molar-refractivity contribution >= 4 is 59.9 Å². The molecule has 1 amide bonds. The quantitative estimate of drug-likeness (QED) is 0.166. The van der Waals surface area contributed by atoms with E-state index in [4.69, 9.17) is 16.5 Å². The zero-order chi connectivity index (χ0) is 31.9. The predicted molar refractivity (Wildman–Crippen MR) is 180 cm³/mol. The summed E-state index contributed by atoms with van der Waals surface area (Å²) in [7, 11) is -3.97. The Morgan fingerprint density at radius 1 is 1.16 bits per heavy atom. The Hall–Kier alpha value is -4.65. The summed E-state index contributed by atoms with van der Waals surface area (Å²) in [6.45, 7) is 4.57. The van der Waals surface area contributed by atoms with Crippen LogP contribution in [0.25, 0.3) is 21.1 Å². The van der Waals surface area contributed by atoms with Gasteiger partial charge in [-0.15, -0.1) is 11.3 Å². The maximum Gasteiger partial charge on any atom is 0.268 e. The van der Waals surface area contributed by atoms with Crippen molar-refractivity contribution in [3.05, 3.63) is 106 Å². The molecule has 0 fully saturated rings. The second-order valence-electron chi connectivity index (χ2n) is 11.0. The van der Waals surface area contributed by atoms with E-state index in [1.54, 1.807) is 42.5 Å².